The summed E-state index contributed by atoms with van der Waals surface area (Å²) in [7, 11) is 0. The first-order valence-electron chi connectivity index (χ1n) is 6.25. The highest BCUT2D eigenvalue weighted by molar-refractivity contribution is 5.93. The summed E-state index contributed by atoms with van der Waals surface area (Å²) in [5.41, 5.74) is 0.170. The molecule has 114 valence electrons. The number of rotatable bonds is 5. The van der Waals surface area contributed by atoms with Crippen molar-refractivity contribution in [3.8, 4) is 0 Å². The van der Waals surface area contributed by atoms with Crippen LogP contribution in [0.15, 0.2) is 24.3 Å². The molecule has 21 heavy (non-hydrogen) atoms. The van der Waals surface area contributed by atoms with Crippen LogP contribution in [0.25, 0.3) is 0 Å². The molecule has 1 aromatic rings. The molecule has 0 heterocycles. The SMILES string of the molecule is CC(C)(C)OC(=O)N(CC(=O)O)c1ccc(NC=O)cc1. The van der Waals surface area contributed by atoms with Gasteiger partial charge < -0.3 is 15.2 Å². The molecule has 7 nitrogen and oxygen atoms in total. The van der Waals surface area contributed by atoms with Crippen LogP contribution >= 0.6 is 0 Å². The number of carbonyl (C=O) groups excluding carboxylic acids is 2. The molecule has 2 amide bonds. The highest BCUT2D eigenvalue weighted by Crippen LogP contribution is 2.20. The maximum atomic E-state index is 12.1. The molecule has 0 spiro atoms. The summed E-state index contributed by atoms with van der Waals surface area (Å²) in [6.07, 6.45) is -0.223. The van der Waals surface area contributed by atoms with E-state index in [4.69, 9.17) is 9.84 Å². The largest absolute Gasteiger partial charge is 0.480 e. The van der Waals surface area contributed by atoms with E-state index in [1.54, 1.807) is 32.9 Å². The number of carboxylic acid groups (broad SMARTS) is 1. The number of ether oxygens (including phenoxy) is 1. The Morgan fingerprint density at radius 3 is 2.29 bits per heavy atom. The van der Waals surface area contributed by atoms with E-state index in [9.17, 15) is 14.4 Å². The number of nitrogens with zero attached hydrogens (tertiary/aromatic N) is 1. The Morgan fingerprint density at radius 1 is 1.29 bits per heavy atom. The molecule has 1 rings (SSSR count). The second-order valence-corrected chi connectivity index (χ2v) is 5.27. The first-order chi connectivity index (χ1) is 9.73. The highest BCUT2D eigenvalue weighted by atomic mass is 16.6. The van der Waals surface area contributed by atoms with Crippen LogP contribution in [0.5, 0.6) is 0 Å². The Hall–Kier alpha value is -2.57. The molecule has 2 N–H and O–H groups in total. The van der Waals surface area contributed by atoms with E-state index in [2.05, 4.69) is 5.32 Å². The minimum atomic E-state index is -1.16. The molecule has 7 heteroatoms. The lowest BCUT2D eigenvalue weighted by Gasteiger charge is -2.26. The number of aliphatic carboxylic acids is 1. The predicted octanol–water partition coefficient (Wildman–Crippen LogP) is 2.08. The van der Waals surface area contributed by atoms with Crippen LogP contribution < -0.4 is 10.2 Å². The molecule has 0 fully saturated rings. The van der Waals surface area contributed by atoms with Gasteiger partial charge in [0.05, 0.1) is 0 Å². The van der Waals surface area contributed by atoms with Crippen LogP contribution in [-0.4, -0.2) is 35.7 Å². The van der Waals surface area contributed by atoms with Crippen LogP contribution in [0, 0.1) is 0 Å². The monoisotopic (exact) mass is 294 g/mol. The summed E-state index contributed by atoms with van der Waals surface area (Å²) in [4.78, 5) is 34.3. The normalized spacial score (nSPS) is 10.6. The van der Waals surface area contributed by atoms with Crippen molar-refractivity contribution in [3.05, 3.63) is 24.3 Å². The third-order valence-corrected chi connectivity index (χ3v) is 2.31. The fraction of sp³-hybridized carbons (Fsp3) is 0.357. The second kappa shape index (κ2) is 6.74. The second-order valence-electron chi connectivity index (χ2n) is 5.27. The van der Waals surface area contributed by atoms with E-state index >= 15 is 0 Å². The van der Waals surface area contributed by atoms with Gasteiger partial charge in [-0.3, -0.25) is 14.5 Å². The zero-order chi connectivity index (χ0) is 16.0. The fourth-order valence-corrected chi connectivity index (χ4v) is 1.52. The fourth-order valence-electron chi connectivity index (χ4n) is 1.52. The number of amides is 2. The molecule has 0 aliphatic heterocycles. The number of carbonyl (C=O) groups is 3. The van der Waals surface area contributed by atoms with Crippen LogP contribution in [0.1, 0.15) is 20.8 Å². The third kappa shape index (κ3) is 5.52. The van der Waals surface area contributed by atoms with Gasteiger partial charge in [-0.15, -0.1) is 0 Å². The Labute approximate surface area is 122 Å². The van der Waals surface area contributed by atoms with Gasteiger partial charge in [0, 0.05) is 11.4 Å². The van der Waals surface area contributed by atoms with E-state index in [-0.39, 0.29) is 0 Å². The van der Waals surface area contributed by atoms with Gasteiger partial charge >= 0.3 is 12.1 Å². The number of nitrogens with one attached hydrogen (secondary N) is 1. The number of benzene rings is 1. The van der Waals surface area contributed by atoms with Gasteiger partial charge in [0.25, 0.3) is 0 Å². The summed E-state index contributed by atoms with van der Waals surface area (Å²) in [5.74, 6) is -1.16. The lowest BCUT2D eigenvalue weighted by molar-refractivity contribution is -0.135. The summed E-state index contributed by atoms with van der Waals surface area (Å²) >= 11 is 0. The summed E-state index contributed by atoms with van der Waals surface area (Å²) in [6, 6.07) is 6.17. The minimum Gasteiger partial charge on any atom is -0.480 e. The molecule has 0 saturated carbocycles. The maximum absolute atomic E-state index is 12.1. The van der Waals surface area contributed by atoms with Gasteiger partial charge in [0.1, 0.15) is 12.1 Å². The maximum Gasteiger partial charge on any atom is 0.415 e. The van der Waals surface area contributed by atoms with Gasteiger partial charge in [-0.25, -0.2) is 4.79 Å². The quantitative estimate of drug-likeness (QED) is 0.810. The molecule has 0 aliphatic carbocycles. The van der Waals surface area contributed by atoms with E-state index in [1.165, 1.54) is 12.1 Å². The summed E-state index contributed by atoms with van der Waals surface area (Å²) < 4.78 is 5.18. The first kappa shape index (κ1) is 16.5. The third-order valence-electron chi connectivity index (χ3n) is 2.31. The molecule has 0 unspecified atom stereocenters. The van der Waals surface area contributed by atoms with Crippen LogP contribution in [0.3, 0.4) is 0 Å². The lowest BCUT2D eigenvalue weighted by Crippen LogP contribution is -2.40. The number of carboxylic acids is 1. The average Bonchev–Trinajstić information content (AvgIpc) is 2.35. The molecular weight excluding hydrogens is 276 g/mol. The van der Waals surface area contributed by atoms with E-state index in [0.29, 0.717) is 17.8 Å². The van der Waals surface area contributed by atoms with E-state index in [0.717, 1.165) is 4.90 Å². The zero-order valence-corrected chi connectivity index (χ0v) is 12.1. The van der Waals surface area contributed by atoms with Crippen molar-refractivity contribution in [2.24, 2.45) is 0 Å². The number of anilines is 2. The number of hydrogen-bond acceptors (Lipinski definition) is 4. The molecule has 0 bridgehead atoms. The molecule has 0 atom stereocenters. The Kier molecular flexibility index (Phi) is 5.29. The molecule has 0 radical (unpaired) electrons. The average molecular weight is 294 g/mol. The van der Waals surface area contributed by atoms with Crippen molar-refractivity contribution in [2.45, 2.75) is 26.4 Å². The van der Waals surface area contributed by atoms with E-state index < -0.39 is 24.2 Å². The van der Waals surface area contributed by atoms with Crippen molar-refractivity contribution in [3.63, 3.8) is 0 Å². The molecule has 0 saturated heterocycles. The summed E-state index contributed by atoms with van der Waals surface area (Å²) in [5, 5.41) is 11.4. The highest BCUT2D eigenvalue weighted by Gasteiger charge is 2.25. The van der Waals surface area contributed by atoms with Gasteiger partial charge in [-0.2, -0.15) is 0 Å². The molecular formula is C14H18N2O5. The topological polar surface area (TPSA) is 95.9 Å². The number of hydrogen-bond donors (Lipinski definition) is 2. The smallest absolute Gasteiger partial charge is 0.415 e. The van der Waals surface area contributed by atoms with Gasteiger partial charge in [-0.05, 0) is 45.0 Å². The van der Waals surface area contributed by atoms with Crippen LogP contribution in [0.4, 0.5) is 16.2 Å². The van der Waals surface area contributed by atoms with Crippen molar-refractivity contribution in [2.75, 3.05) is 16.8 Å². The summed E-state index contributed by atoms with van der Waals surface area (Å²) in [6.45, 7) is 4.57. The first-order valence-corrected chi connectivity index (χ1v) is 6.25. The minimum absolute atomic E-state index is 0.364. The Morgan fingerprint density at radius 2 is 1.86 bits per heavy atom. The van der Waals surface area contributed by atoms with Gasteiger partial charge in [-0.1, -0.05) is 0 Å². The van der Waals surface area contributed by atoms with Crippen molar-refractivity contribution in [1.29, 1.82) is 0 Å². The molecule has 0 aliphatic rings. The Bertz CT molecular complexity index is 519. The van der Waals surface area contributed by atoms with Crippen molar-refractivity contribution < 1.29 is 24.2 Å². The van der Waals surface area contributed by atoms with Crippen molar-refractivity contribution >= 4 is 29.8 Å². The lowest BCUT2D eigenvalue weighted by atomic mass is 10.2. The van der Waals surface area contributed by atoms with Crippen LogP contribution in [0.2, 0.25) is 0 Å². The predicted molar refractivity (Wildman–Crippen MR) is 77.3 cm³/mol. The van der Waals surface area contributed by atoms with Gasteiger partial charge in [0.2, 0.25) is 6.41 Å². The molecule has 1 aromatic carbocycles. The zero-order valence-electron chi connectivity index (χ0n) is 12.1. The van der Waals surface area contributed by atoms with E-state index in [1.807, 2.05) is 0 Å². The standard InChI is InChI=1S/C14H18N2O5/c1-14(2,3)21-13(20)16(8-12(18)19)11-6-4-10(5-7-11)15-9-17/h4-7,9H,8H2,1-3H3,(H,15,17)(H,18,19). The Balaban J connectivity index is 2.98. The van der Waals surface area contributed by atoms with Crippen LogP contribution in [-0.2, 0) is 14.3 Å². The van der Waals surface area contributed by atoms with Gasteiger partial charge in [0.15, 0.2) is 0 Å². The van der Waals surface area contributed by atoms with Crippen molar-refractivity contribution in [1.82, 2.24) is 0 Å². The molecule has 0 aromatic heterocycles.